The van der Waals surface area contributed by atoms with Crippen molar-refractivity contribution in [2.45, 2.75) is 25.8 Å². The van der Waals surface area contributed by atoms with Gasteiger partial charge in [-0.05, 0) is 62.2 Å². The molecule has 0 saturated carbocycles. The fourth-order valence-corrected chi connectivity index (χ4v) is 3.89. The Morgan fingerprint density at radius 2 is 1.85 bits per heavy atom. The first-order valence-corrected chi connectivity index (χ1v) is 9.14. The van der Waals surface area contributed by atoms with Crippen LogP contribution in [0.25, 0.3) is 11.0 Å². The van der Waals surface area contributed by atoms with Crippen LogP contribution in [0.4, 0.5) is 4.39 Å². The van der Waals surface area contributed by atoms with E-state index in [1.807, 2.05) is 11.8 Å². The van der Waals surface area contributed by atoms with Crippen molar-refractivity contribution in [2.75, 3.05) is 20.2 Å². The number of benzene rings is 2. The van der Waals surface area contributed by atoms with Crippen LogP contribution < -0.4 is 4.74 Å². The average molecular weight is 367 g/mol. The summed E-state index contributed by atoms with van der Waals surface area (Å²) < 4.78 is 21.0. The number of aryl methyl sites for hydroxylation is 1. The minimum Gasteiger partial charge on any atom is -0.497 e. The molecule has 2 heterocycles. The number of ether oxygens (including phenoxy) is 1. The first-order chi connectivity index (χ1) is 13.1. The Hall–Kier alpha value is -2.89. The largest absolute Gasteiger partial charge is 0.497 e. The molecule has 0 N–H and O–H groups in total. The lowest BCUT2D eigenvalue weighted by Gasteiger charge is -2.33. The van der Waals surface area contributed by atoms with Crippen molar-refractivity contribution in [3.63, 3.8) is 0 Å². The fourth-order valence-electron chi connectivity index (χ4n) is 3.89. The van der Waals surface area contributed by atoms with E-state index in [9.17, 15) is 9.18 Å². The zero-order valence-corrected chi connectivity index (χ0v) is 15.5. The number of imidazole rings is 1. The highest BCUT2D eigenvalue weighted by Crippen LogP contribution is 2.29. The molecule has 1 fully saturated rings. The molecule has 0 spiro atoms. The second-order valence-electron chi connectivity index (χ2n) is 6.91. The Bertz CT molecular complexity index is 973. The molecule has 2 aromatic carbocycles. The van der Waals surface area contributed by atoms with Crippen LogP contribution in [-0.4, -0.2) is 40.6 Å². The molecule has 1 aliphatic heterocycles. The normalized spacial score (nSPS) is 15.3. The third-order valence-electron chi connectivity index (χ3n) is 5.28. The SMILES string of the molecule is COc1ccc(C(=O)N2CCC(n3c(C)nc4ccc(F)cc43)CC2)cc1. The van der Waals surface area contributed by atoms with E-state index in [2.05, 4.69) is 9.55 Å². The van der Waals surface area contributed by atoms with Crippen LogP contribution >= 0.6 is 0 Å². The van der Waals surface area contributed by atoms with E-state index in [0.717, 1.165) is 35.4 Å². The highest BCUT2D eigenvalue weighted by atomic mass is 19.1. The van der Waals surface area contributed by atoms with Crippen molar-refractivity contribution in [1.82, 2.24) is 14.5 Å². The molecule has 5 nitrogen and oxygen atoms in total. The number of likely N-dealkylation sites (tertiary alicyclic amines) is 1. The standard InChI is InChI=1S/C21H22FN3O2/c1-14-23-19-8-5-16(22)13-20(19)25(14)17-9-11-24(12-10-17)21(26)15-3-6-18(27-2)7-4-15/h3-8,13,17H,9-12H2,1-2H3. The maximum absolute atomic E-state index is 13.7. The van der Waals surface area contributed by atoms with E-state index in [0.29, 0.717) is 18.7 Å². The number of carbonyl (C=O) groups is 1. The number of amides is 1. The predicted molar refractivity (Wildman–Crippen MR) is 102 cm³/mol. The number of aromatic nitrogens is 2. The Labute approximate surface area is 157 Å². The minimum atomic E-state index is -0.254. The number of carbonyl (C=O) groups excluding carboxylic acids is 1. The predicted octanol–water partition coefficient (Wildman–Crippen LogP) is 3.97. The molecule has 0 unspecified atom stereocenters. The Balaban J connectivity index is 1.49. The molecule has 0 aliphatic carbocycles. The van der Waals surface area contributed by atoms with E-state index in [-0.39, 0.29) is 17.8 Å². The van der Waals surface area contributed by atoms with Gasteiger partial charge in [0.1, 0.15) is 17.4 Å². The summed E-state index contributed by atoms with van der Waals surface area (Å²) in [5, 5.41) is 0. The van der Waals surface area contributed by atoms with Crippen molar-refractivity contribution in [2.24, 2.45) is 0 Å². The number of piperidine rings is 1. The van der Waals surface area contributed by atoms with Gasteiger partial charge in [0.25, 0.3) is 5.91 Å². The van der Waals surface area contributed by atoms with Gasteiger partial charge in [-0.3, -0.25) is 4.79 Å². The van der Waals surface area contributed by atoms with Gasteiger partial charge < -0.3 is 14.2 Å². The summed E-state index contributed by atoms with van der Waals surface area (Å²) in [6, 6.07) is 12.1. The summed E-state index contributed by atoms with van der Waals surface area (Å²) in [5.74, 6) is 1.40. The second-order valence-corrected chi connectivity index (χ2v) is 6.91. The maximum Gasteiger partial charge on any atom is 0.253 e. The van der Waals surface area contributed by atoms with Gasteiger partial charge in [-0.15, -0.1) is 0 Å². The van der Waals surface area contributed by atoms with Crippen molar-refractivity contribution in [1.29, 1.82) is 0 Å². The van der Waals surface area contributed by atoms with Gasteiger partial charge >= 0.3 is 0 Å². The zero-order valence-electron chi connectivity index (χ0n) is 15.5. The van der Waals surface area contributed by atoms with Gasteiger partial charge in [-0.2, -0.15) is 0 Å². The number of hydrogen-bond donors (Lipinski definition) is 0. The Morgan fingerprint density at radius 1 is 1.15 bits per heavy atom. The molecule has 1 aromatic heterocycles. The zero-order chi connectivity index (χ0) is 19.0. The lowest BCUT2D eigenvalue weighted by Crippen LogP contribution is -2.39. The van der Waals surface area contributed by atoms with E-state index < -0.39 is 0 Å². The van der Waals surface area contributed by atoms with Gasteiger partial charge in [0.2, 0.25) is 0 Å². The van der Waals surface area contributed by atoms with Crippen molar-refractivity contribution in [3.8, 4) is 5.75 Å². The Morgan fingerprint density at radius 3 is 2.52 bits per heavy atom. The number of nitrogens with zero attached hydrogens (tertiary/aromatic N) is 3. The van der Waals surface area contributed by atoms with Crippen LogP contribution in [0.1, 0.15) is 35.1 Å². The fraction of sp³-hybridized carbons (Fsp3) is 0.333. The third kappa shape index (κ3) is 3.27. The van der Waals surface area contributed by atoms with Crippen LogP contribution in [0.5, 0.6) is 5.75 Å². The van der Waals surface area contributed by atoms with Crippen LogP contribution in [0.15, 0.2) is 42.5 Å². The highest BCUT2D eigenvalue weighted by molar-refractivity contribution is 5.94. The van der Waals surface area contributed by atoms with Gasteiger partial charge in [0, 0.05) is 24.7 Å². The lowest BCUT2D eigenvalue weighted by molar-refractivity contribution is 0.0695. The smallest absolute Gasteiger partial charge is 0.253 e. The van der Waals surface area contributed by atoms with E-state index in [4.69, 9.17) is 4.74 Å². The number of methoxy groups -OCH3 is 1. The first kappa shape index (κ1) is 17.5. The first-order valence-electron chi connectivity index (χ1n) is 9.14. The summed E-state index contributed by atoms with van der Waals surface area (Å²) in [6.45, 7) is 3.29. The molecule has 4 rings (SSSR count). The molecule has 1 saturated heterocycles. The van der Waals surface area contributed by atoms with E-state index in [1.165, 1.54) is 6.07 Å². The molecule has 27 heavy (non-hydrogen) atoms. The molecule has 0 atom stereocenters. The summed E-state index contributed by atoms with van der Waals surface area (Å²) in [7, 11) is 1.61. The summed E-state index contributed by atoms with van der Waals surface area (Å²) in [4.78, 5) is 19.2. The summed E-state index contributed by atoms with van der Waals surface area (Å²) in [6.07, 6.45) is 1.65. The number of halogens is 1. The molecule has 6 heteroatoms. The van der Waals surface area contributed by atoms with Crippen LogP contribution in [0.2, 0.25) is 0 Å². The molecule has 1 amide bonds. The average Bonchev–Trinajstić information content (AvgIpc) is 3.02. The monoisotopic (exact) mass is 367 g/mol. The lowest BCUT2D eigenvalue weighted by atomic mass is 10.0. The molecule has 140 valence electrons. The molecular weight excluding hydrogens is 345 g/mol. The van der Waals surface area contributed by atoms with Gasteiger partial charge in [-0.25, -0.2) is 9.37 Å². The van der Waals surface area contributed by atoms with Gasteiger partial charge in [0.05, 0.1) is 18.1 Å². The van der Waals surface area contributed by atoms with E-state index in [1.54, 1.807) is 43.5 Å². The summed E-state index contributed by atoms with van der Waals surface area (Å²) in [5.41, 5.74) is 2.30. The summed E-state index contributed by atoms with van der Waals surface area (Å²) >= 11 is 0. The molecule has 3 aromatic rings. The second kappa shape index (κ2) is 7.02. The molecule has 0 radical (unpaired) electrons. The topological polar surface area (TPSA) is 47.4 Å². The third-order valence-corrected chi connectivity index (χ3v) is 5.28. The van der Waals surface area contributed by atoms with Crippen molar-refractivity contribution >= 4 is 16.9 Å². The van der Waals surface area contributed by atoms with Crippen molar-refractivity contribution < 1.29 is 13.9 Å². The van der Waals surface area contributed by atoms with Gasteiger partial charge in [0.15, 0.2) is 0 Å². The quantitative estimate of drug-likeness (QED) is 0.704. The number of fused-ring (bicyclic) bond motifs is 1. The number of rotatable bonds is 3. The van der Waals surface area contributed by atoms with Crippen molar-refractivity contribution in [3.05, 3.63) is 59.7 Å². The number of hydrogen-bond acceptors (Lipinski definition) is 3. The van der Waals surface area contributed by atoms with E-state index >= 15 is 0 Å². The van der Waals surface area contributed by atoms with Crippen LogP contribution in [0, 0.1) is 12.7 Å². The maximum atomic E-state index is 13.7. The molecule has 1 aliphatic rings. The van der Waals surface area contributed by atoms with Gasteiger partial charge in [-0.1, -0.05) is 0 Å². The van der Waals surface area contributed by atoms with Crippen LogP contribution in [0.3, 0.4) is 0 Å². The molecule has 0 bridgehead atoms. The minimum absolute atomic E-state index is 0.0364. The highest BCUT2D eigenvalue weighted by Gasteiger charge is 2.26. The molecular formula is C21H22FN3O2. The Kier molecular flexibility index (Phi) is 4.56. The van der Waals surface area contributed by atoms with Crippen LogP contribution in [-0.2, 0) is 0 Å².